The van der Waals surface area contributed by atoms with E-state index in [1.807, 2.05) is 23.8 Å². The Balaban J connectivity index is 1.62. The molecule has 0 spiro atoms. The van der Waals surface area contributed by atoms with Crippen molar-refractivity contribution in [2.75, 3.05) is 37.8 Å². The van der Waals surface area contributed by atoms with Crippen molar-refractivity contribution in [2.24, 2.45) is 7.05 Å². The SMILES string of the molecule is Cn1c(/C=C(\C#N)S(=O)(=O)NC(C)(C)CCO)ccc1-c1ccc2cc(N3CCOCC3)ccc2c1. The first-order valence-corrected chi connectivity index (χ1v) is 13.4. The highest BCUT2D eigenvalue weighted by Gasteiger charge is 2.28. The first-order valence-electron chi connectivity index (χ1n) is 11.9. The standard InChI is InChI=1S/C27H32N4O4S/c1-27(2,10-13-32)29-36(33,34)25(19-28)18-23-8-9-26(30(23)3)22-5-4-21-17-24(7-6-20(21)16-22)31-11-14-35-15-12-31/h4-9,16-18,29,32H,10-15H2,1-3H3/b25-18+. The van der Waals surface area contributed by atoms with Gasteiger partial charge in [0.2, 0.25) is 0 Å². The molecular weight excluding hydrogens is 476 g/mol. The van der Waals surface area contributed by atoms with Crippen LogP contribution in [-0.4, -0.2) is 56.5 Å². The number of hydrogen-bond acceptors (Lipinski definition) is 6. The average molecular weight is 509 g/mol. The van der Waals surface area contributed by atoms with Crippen LogP contribution in [0.3, 0.4) is 0 Å². The van der Waals surface area contributed by atoms with Gasteiger partial charge >= 0.3 is 0 Å². The van der Waals surface area contributed by atoms with Crippen molar-refractivity contribution in [2.45, 2.75) is 25.8 Å². The number of nitriles is 1. The lowest BCUT2D eigenvalue weighted by Crippen LogP contribution is -2.44. The Kier molecular flexibility index (Phi) is 7.52. The number of sulfonamides is 1. The van der Waals surface area contributed by atoms with Crippen LogP contribution in [0.1, 0.15) is 26.0 Å². The lowest BCUT2D eigenvalue weighted by Gasteiger charge is -2.29. The Hall–Kier alpha value is -3.16. The number of ether oxygens (including phenoxy) is 1. The van der Waals surface area contributed by atoms with Gasteiger partial charge in [0.15, 0.2) is 4.91 Å². The highest BCUT2D eigenvalue weighted by Crippen LogP contribution is 2.29. The highest BCUT2D eigenvalue weighted by molar-refractivity contribution is 7.93. The van der Waals surface area contributed by atoms with Crippen molar-refractivity contribution < 1.29 is 18.3 Å². The minimum Gasteiger partial charge on any atom is -0.396 e. The largest absolute Gasteiger partial charge is 0.396 e. The third-order valence-corrected chi connectivity index (χ3v) is 8.09. The number of anilines is 1. The van der Waals surface area contributed by atoms with Crippen LogP contribution in [0.2, 0.25) is 0 Å². The number of allylic oxidation sites excluding steroid dienone is 1. The first-order chi connectivity index (χ1) is 17.1. The molecule has 2 heterocycles. The van der Waals surface area contributed by atoms with E-state index in [1.165, 1.54) is 11.8 Å². The van der Waals surface area contributed by atoms with Crippen molar-refractivity contribution in [1.82, 2.24) is 9.29 Å². The summed E-state index contributed by atoms with van der Waals surface area (Å²) < 4.78 is 35.5. The summed E-state index contributed by atoms with van der Waals surface area (Å²) >= 11 is 0. The molecule has 4 rings (SSSR count). The number of rotatable bonds is 8. The van der Waals surface area contributed by atoms with E-state index in [4.69, 9.17) is 4.74 Å². The zero-order valence-electron chi connectivity index (χ0n) is 20.9. The zero-order chi connectivity index (χ0) is 25.9. The molecule has 1 saturated heterocycles. The van der Waals surface area contributed by atoms with Gasteiger partial charge in [-0.2, -0.15) is 5.26 Å². The van der Waals surface area contributed by atoms with Crippen LogP contribution >= 0.6 is 0 Å². The molecule has 36 heavy (non-hydrogen) atoms. The molecule has 0 saturated carbocycles. The number of nitrogens with zero attached hydrogens (tertiary/aromatic N) is 3. The second-order valence-corrected chi connectivity index (χ2v) is 11.3. The summed E-state index contributed by atoms with van der Waals surface area (Å²) in [7, 11) is -2.21. The molecule has 0 aliphatic carbocycles. The van der Waals surface area contributed by atoms with E-state index in [0.29, 0.717) is 5.69 Å². The van der Waals surface area contributed by atoms with Crippen molar-refractivity contribution in [3.8, 4) is 17.3 Å². The van der Waals surface area contributed by atoms with Gasteiger partial charge < -0.3 is 19.3 Å². The van der Waals surface area contributed by atoms with Gasteiger partial charge in [0.25, 0.3) is 10.0 Å². The fourth-order valence-corrected chi connectivity index (χ4v) is 5.76. The van der Waals surface area contributed by atoms with Gasteiger partial charge in [-0.15, -0.1) is 0 Å². The first kappa shape index (κ1) is 25.9. The van der Waals surface area contributed by atoms with Gasteiger partial charge in [-0.3, -0.25) is 0 Å². The molecule has 0 radical (unpaired) electrons. The van der Waals surface area contributed by atoms with E-state index in [-0.39, 0.29) is 17.9 Å². The van der Waals surface area contributed by atoms with E-state index < -0.39 is 15.6 Å². The molecule has 3 aromatic rings. The minimum atomic E-state index is -4.05. The summed E-state index contributed by atoms with van der Waals surface area (Å²) in [5.74, 6) is 0. The molecule has 1 aliphatic heterocycles. The van der Waals surface area contributed by atoms with Crippen molar-refractivity contribution in [3.63, 3.8) is 0 Å². The molecule has 8 nitrogen and oxygen atoms in total. The number of fused-ring (bicyclic) bond motifs is 1. The van der Waals surface area contributed by atoms with E-state index in [1.54, 1.807) is 19.9 Å². The maximum atomic E-state index is 12.8. The number of benzene rings is 2. The van der Waals surface area contributed by atoms with Gasteiger partial charge in [0.05, 0.1) is 13.2 Å². The molecule has 1 aliphatic rings. The Labute approximate surface area is 212 Å². The Morgan fingerprint density at radius 3 is 2.53 bits per heavy atom. The van der Waals surface area contributed by atoms with Gasteiger partial charge in [0, 0.05) is 49.4 Å². The van der Waals surface area contributed by atoms with Crippen LogP contribution in [0.5, 0.6) is 0 Å². The molecule has 2 aromatic carbocycles. The molecule has 9 heteroatoms. The normalized spacial score (nSPS) is 15.3. The Morgan fingerprint density at radius 1 is 1.14 bits per heavy atom. The van der Waals surface area contributed by atoms with Crippen molar-refractivity contribution in [3.05, 3.63) is 59.1 Å². The molecule has 1 aromatic heterocycles. The Morgan fingerprint density at radius 2 is 1.83 bits per heavy atom. The molecule has 0 bridgehead atoms. The number of aliphatic hydroxyl groups excluding tert-OH is 1. The minimum absolute atomic E-state index is 0.164. The lowest BCUT2D eigenvalue weighted by atomic mass is 10.0. The fraction of sp³-hybridized carbons (Fsp3) is 0.370. The third-order valence-electron chi connectivity index (χ3n) is 6.48. The van der Waals surface area contributed by atoms with E-state index in [2.05, 4.69) is 46.0 Å². The molecule has 2 N–H and O–H groups in total. The number of aliphatic hydroxyl groups is 1. The molecule has 0 unspecified atom stereocenters. The predicted molar refractivity (Wildman–Crippen MR) is 143 cm³/mol. The topological polar surface area (TPSA) is 108 Å². The maximum absolute atomic E-state index is 12.8. The van der Waals surface area contributed by atoms with Crippen LogP contribution in [0.25, 0.3) is 28.1 Å². The predicted octanol–water partition coefficient (Wildman–Crippen LogP) is 3.63. The second kappa shape index (κ2) is 10.4. The average Bonchev–Trinajstić information content (AvgIpc) is 3.21. The highest BCUT2D eigenvalue weighted by atomic mass is 32.2. The maximum Gasteiger partial charge on any atom is 0.251 e. The van der Waals surface area contributed by atoms with Gasteiger partial charge in [-0.1, -0.05) is 18.2 Å². The number of morpholine rings is 1. The summed E-state index contributed by atoms with van der Waals surface area (Å²) in [5.41, 5.74) is 2.80. The molecule has 0 amide bonds. The summed E-state index contributed by atoms with van der Waals surface area (Å²) in [6.07, 6.45) is 1.60. The number of hydrogen-bond donors (Lipinski definition) is 2. The molecule has 190 valence electrons. The molecule has 1 fully saturated rings. The fourth-order valence-electron chi connectivity index (χ4n) is 4.43. The van der Waals surface area contributed by atoms with Crippen LogP contribution < -0.4 is 9.62 Å². The summed E-state index contributed by atoms with van der Waals surface area (Å²) in [4.78, 5) is 1.95. The summed E-state index contributed by atoms with van der Waals surface area (Å²) in [6.45, 7) is 6.43. The summed E-state index contributed by atoms with van der Waals surface area (Å²) in [6, 6.07) is 18.2. The summed E-state index contributed by atoms with van der Waals surface area (Å²) in [5, 5.41) is 21.0. The van der Waals surface area contributed by atoms with Gasteiger partial charge in [-0.05, 0) is 73.0 Å². The van der Waals surface area contributed by atoms with Crippen LogP contribution in [0.15, 0.2) is 53.4 Å². The number of nitrogens with one attached hydrogen (secondary N) is 1. The van der Waals surface area contributed by atoms with Crippen molar-refractivity contribution in [1.29, 1.82) is 5.26 Å². The molecule has 0 atom stereocenters. The quantitative estimate of drug-likeness (QED) is 0.450. The lowest BCUT2D eigenvalue weighted by molar-refractivity contribution is 0.122. The third kappa shape index (κ3) is 5.63. The van der Waals surface area contributed by atoms with Gasteiger partial charge in [-0.25, -0.2) is 13.1 Å². The zero-order valence-corrected chi connectivity index (χ0v) is 21.7. The van der Waals surface area contributed by atoms with Crippen LogP contribution in [0, 0.1) is 11.3 Å². The van der Waals surface area contributed by atoms with Gasteiger partial charge in [0.1, 0.15) is 6.07 Å². The van der Waals surface area contributed by atoms with Crippen LogP contribution in [-0.2, 0) is 21.8 Å². The van der Waals surface area contributed by atoms with E-state index in [9.17, 15) is 18.8 Å². The molecular formula is C27H32N4O4S. The van der Waals surface area contributed by atoms with E-state index in [0.717, 1.165) is 48.3 Å². The smallest absolute Gasteiger partial charge is 0.251 e. The van der Waals surface area contributed by atoms with Crippen LogP contribution in [0.4, 0.5) is 5.69 Å². The van der Waals surface area contributed by atoms with E-state index >= 15 is 0 Å². The second-order valence-electron chi connectivity index (χ2n) is 9.63. The Bertz CT molecular complexity index is 1430. The monoisotopic (exact) mass is 508 g/mol. The van der Waals surface area contributed by atoms with Crippen molar-refractivity contribution >= 4 is 32.6 Å². The number of aromatic nitrogens is 1.